The summed E-state index contributed by atoms with van der Waals surface area (Å²) in [5.41, 5.74) is 3.43. The second kappa shape index (κ2) is 7.44. The van der Waals surface area contributed by atoms with Crippen molar-refractivity contribution in [1.29, 1.82) is 0 Å². The summed E-state index contributed by atoms with van der Waals surface area (Å²) in [4.78, 5) is 7.48. The van der Waals surface area contributed by atoms with Crippen molar-refractivity contribution >= 4 is 27.0 Å². The fourth-order valence-electron chi connectivity index (χ4n) is 1.30. The molecule has 0 aliphatic rings. The van der Waals surface area contributed by atoms with Crippen molar-refractivity contribution < 1.29 is 0 Å². The molecule has 0 fully saturated rings. The van der Waals surface area contributed by atoms with Crippen LogP contribution in [0.25, 0.3) is 11.0 Å². The molecular formula is C13H21BrN2. The fraction of sp³-hybridized carbons (Fsp3) is 0.462. The van der Waals surface area contributed by atoms with Crippen molar-refractivity contribution in [2.75, 3.05) is 0 Å². The lowest BCUT2D eigenvalue weighted by molar-refractivity contribution is 1.22. The number of hydrogen-bond donors (Lipinski definition) is 1. The summed E-state index contributed by atoms with van der Waals surface area (Å²) in [5, 5.41) is 1.20. The van der Waals surface area contributed by atoms with Crippen LogP contribution in [0.2, 0.25) is 0 Å². The number of fused-ring (bicyclic) bond motifs is 1. The zero-order chi connectivity index (χ0) is 12.7. The molecule has 0 bridgehead atoms. The third-order valence-electron chi connectivity index (χ3n) is 2.13. The summed E-state index contributed by atoms with van der Waals surface area (Å²) in [6, 6.07) is 2.08. The minimum atomic E-state index is 0.966. The van der Waals surface area contributed by atoms with Crippen LogP contribution in [0.5, 0.6) is 0 Å². The highest BCUT2D eigenvalue weighted by molar-refractivity contribution is 9.10. The lowest BCUT2D eigenvalue weighted by Gasteiger charge is -1.91. The predicted octanol–water partition coefficient (Wildman–Crippen LogP) is 4.99. The first-order valence-corrected chi connectivity index (χ1v) is 6.58. The topological polar surface area (TPSA) is 28.7 Å². The molecule has 0 saturated carbocycles. The number of pyridine rings is 1. The van der Waals surface area contributed by atoms with E-state index < -0.39 is 0 Å². The van der Waals surface area contributed by atoms with Gasteiger partial charge in [-0.1, -0.05) is 27.7 Å². The van der Waals surface area contributed by atoms with E-state index >= 15 is 0 Å². The summed E-state index contributed by atoms with van der Waals surface area (Å²) in [6.45, 7) is 12.2. The van der Waals surface area contributed by atoms with E-state index in [1.54, 1.807) is 6.20 Å². The maximum atomic E-state index is 4.26. The molecule has 1 N–H and O–H groups in total. The van der Waals surface area contributed by atoms with E-state index in [2.05, 4.69) is 45.8 Å². The van der Waals surface area contributed by atoms with Crippen molar-refractivity contribution in [2.24, 2.45) is 0 Å². The number of nitrogens with zero attached hydrogens (tertiary/aromatic N) is 1. The quantitative estimate of drug-likeness (QED) is 0.725. The number of H-pyrrole nitrogens is 1. The minimum absolute atomic E-state index is 0.966. The maximum Gasteiger partial charge on any atom is 0.137 e. The summed E-state index contributed by atoms with van der Waals surface area (Å²) in [7, 11) is 0. The minimum Gasteiger partial charge on any atom is -0.343 e. The number of aryl methyl sites for hydroxylation is 2. The second-order valence-electron chi connectivity index (χ2n) is 2.92. The van der Waals surface area contributed by atoms with Crippen LogP contribution in [0.1, 0.15) is 39.0 Å². The first kappa shape index (κ1) is 15.2. The number of aromatic nitrogens is 2. The third-order valence-corrected chi connectivity index (χ3v) is 2.56. The number of nitrogens with one attached hydrogen (secondary N) is 1. The van der Waals surface area contributed by atoms with Crippen LogP contribution in [0.15, 0.2) is 16.7 Å². The van der Waals surface area contributed by atoms with Crippen molar-refractivity contribution in [2.45, 2.75) is 41.5 Å². The molecule has 0 unspecified atom stereocenters. The lowest BCUT2D eigenvalue weighted by atomic mass is 10.2. The van der Waals surface area contributed by atoms with Gasteiger partial charge in [0.05, 0.1) is 0 Å². The molecule has 2 aromatic heterocycles. The van der Waals surface area contributed by atoms with Crippen LogP contribution in [0.4, 0.5) is 0 Å². The van der Waals surface area contributed by atoms with Crippen molar-refractivity contribution in [3.8, 4) is 0 Å². The molecule has 0 atom stereocenters. The van der Waals surface area contributed by atoms with Crippen LogP contribution in [-0.2, 0) is 0 Å². The van der Waals surface area contributed by atoms with Gasteiger partial charge < -0.3 is 4.98 Å². The zero-order valence-electron chi connectivity index (χ0n) is 11.0. The monoisotopic (exact) mass is 284 g/mol. The molecule has 90 valence electrons. The Kier molecular flexibility index (Phi) is 7.06. The number of aromatic amines is 1. The molecule has 2 heterocycles. The Labute approximate surface area is 107 Å². The van der Waals surface area contributed by atoms with E-state index in [4.69, 9.17) is 0 Å². The molecule has 0 saturated heterocycles. The van der Waals surface area contributed by atoms with Crippen molar-refractivity contribution in [1.82, 2.24) is 9.97 Å². The van der Waals surface area contributed by atoms with Gasteiger partial charge in [0, 0.05) is 21.7 Å². The Balaban J connectivity index is 0.000000509. The number of halogens is 1. The van der Waals surface area contributed by atoms with Crippen LogP contribution in [0.3, 0.4) is 0 Å². The highest BCUT2D eigenvalue weighted by Gasteiger charge is 2.04. The summed E-state index contributed by atoms with van der Waals surface area (Å²) in [6.07, 6.45) is 1.80. The van der Waals surface area contributed by atoms with Gasteiger partial charge in [-0.2, -0.15) is 0 Å². The third kappa shape index (κ3) is 3.34. The van der Waals surface area contributed by atoms with E-state index in [-0.39, 0.29) is 0 Å². The summed E-state index contributed by atoms with van der Waals surface area (Å²) in [5.74, 6) is 0. The molecule has 0 aliphatic carbocycles. The maximum absolute atomic E-state index is 4.26. The first-order valence-electron chi connectivity index (χ1n) is 5.79. The summed E-state index contributed by atoms with van der Waals surface area (Å²) >= 11 is 3.40. The van der Waals surface area contributed by atoms with Gasteiger partial charge in [0.2, 0.25) is 0 Å². The summed E-state index contributed by atoms with van der Waals surface area (Å²) < 4.78 is 1.03. The van der Waals surface area contributed by atoms with Crippen LogP contribution in [-0.4, -0.2) is 9.97 Å². The van der Waals surface area contributed by atoms with Gasteiger partial charge in [-0.05, 0) is 41.4 Å². The molecule has 16 heavy (non-hydrogen) atoms. The Bertz CT molecular complexity index is 433. The van der Waals surface area contributed by atoms with Crippen LogP contribution < -0.4 is 0 Å². The smallest absolute Gasteiger partial charge is 0.137 e. The average molecular weight is 285 g/mol. The average Bonchev–Trinajstić information content (AvgIpc) is 2.61. The van der Waals surface area contributed by atoms with E-state index in [0.29, 0.717) is 0 Å². The molecule has 2 aromatic rings. The molecule has 2 rings (SSSR count). The largest absolute Gasteiger partial charge is 0.343 e. The molecule has 2 nitrogen and oxygen atoms in total. The van der Waals surface area contributed by atoms with Crippen LogP contribution >= 0.6 is 15.9 Å². The van der Waals surface area contributed by atoms with Gasteiger partial charge in [-0.15, -0.1) is 0 Å². The Morgan fingerprint density at radius 2 is 1.69 bits per heavy atom. The first-order chi connectivity index (χ1) is 7.68. The van der Waals surface area contributed by atoms with Gasteiger partial charge in [0.15, 0.2) is 0 Å². The molecule has 0 aromatic carbocycles. The van der Waals surface area contributed by atoms with E-state index in [1.165, 1.54) is 16.6 Å². The Hall–Kier alpha value is -0.830. The molecule has 0 aliphatic heterocycles. The van der Waals surface area contributed by atoms with E-state index in [1.807, 2.05) is 27.7 Å². The zero-order valence-corrected chi connectivity index (χ0v) is 12.6. The van der Waals surface area contributed by atoms with Gasteiger partial charge >= 0.3 is 0 Å². The van der Waals surface area contributed by atoms with Crippen LogP contribution in [0, 0.1) is 13.8 Å². The second-order valence-corrected chi connectivity index (χ2v) is 3.84. The molecule has 0 radical (unpaired) electrons. The van der Waals surface area contributed by atoms with Gasteiger partial charge in [-0.3, -0.25) is 0 Å². The standard InChI is InChI=1S/C9H9BrN2.2C2H6/c1-5-6(2)12-9-8(5)3-7(10)4-11-9;2*1-2/h3-4H,1-2H3,(H,11,12);2*1-2H3. The fourth-order valence-corrected chi connectivity index (χ4v) is 1.63. The lowest BCUT2D eigenvalue weighted by Crippen LogP contribution is -1.75. The van der Waals surface area contributed by atoms with E-state index in [0.717, 1.165) is 10.1 Å². The Morgan fingerprint density at radius 1 is 1.12 bits per heavy atom. The number of rotatable bonds is 0. The predicted molar refractivity (Wildman–Crippen MR) is 76.0 cm³/mol. The van der Waals surface area contributed by atoms with E-state index in [9.17, 15) is 0 Å². The van der Waals surface area contributed by atoms with Gasteiger partial charge in [-0.25, -0.2) is 4.98 Å². The molecule has 0 spiro atoms. The number of hydrogen-bond acceptors (Lipinski definition) is 1. The molecule has 0 amide bonds. The van der Waals surface area contributed by atoms with Crippen molar-refractivity contribution in [3.05, 3.63) is 28.0 Å². The Morgan fingerprint density at radius 3 is 2.25 bits per heavy atom. The highest BCUT2D eigenvalue weighted by atomic mass is 79.9. The van der Waals surface area contributed by atoms with Gasteiger partial charge in [0.1, 0.15) is 5.65 Å². The molecular weight excluding hydrogens is 264 g/mol. The highest BCUT2D eigenvalue weighted by Crippen LogP contribution is 2.22. The normalized spacial score (nSPS) is 8.94. The molecule has 3 heteroatoms. The van der Waals surface area contributed by atoms with Crippen molar-refractivity contribution in [3.63, 3.8) is 0 Å². The SMILES string of the molecule is CC.CC.Cc1[nH]c2ncc(Br)cc2c1C. The van der Waals surface area contributed by atoms with Gasteiger partial charge in [0.25, 0.3) is 0 Å².